The predicted molar refractivity (Wildman–Crippen MR) is 121 cm³/mol. The van der Waals surface area contributed by atoms with Crippen LogP contribution >= 0.6 is 8.45 Å². The monoisotopic (exact) mass is 420 g/mol. The molecule has 1 aromatic heterocycles. The van der Waals surface area contributed by atoms with E-state index in [9.17, 15) is 0 Å². The second-order valence-electron chi connectivity index (χ2n) is 7.35. The molecule has 4 rings (SSSR count). The molecule has 0 radical (unpaired) electrons. The summed E-state index contributed by atoms with van der Waals surface area (Å²) >= 11 is 0. The molecule has 154 valence electrons. The highest BCUT2D eigenvalue weighted by atomic mass is 31.2. The Balaban J connectivity index is 1.76. The van der Waals surface area contributed by atoms with Gasteiger partial charge in [-0.3, -0.25) is 4.34 Å². The zero-order chi connectivity index (χ0) is 21.1. The van der Waals surface area contributed by atoms with Gasteiger partial charge < -0.3 is 19.1 Å². The highest BCUT2D eigenvalue weighted by Gasteiger charge is 2.37. The lowest BCUT2D eigenvalue weighted by atomic mass is 9.75. The fourth-order valence-corrected chi connectivity index (χ4v) is 4.78. The van der Waals surface area contributed by atoms with Gasteiger partial charge in [-0.2, -0.15) is 0 Å². The molecule has 0 saturated heterocycles. The summed E-state index contributed by atoms with van der Waals surface area (Å²) in [4.78, 5) is 0. The molecule has 30 heavy (non-hydrogen) atoms. The first-order chi connectivity index (χ1) is 14.6. The molecule has 5 nitrogen and oxygen atoms in total. The summed E-state index contributed by atoms with van der Waals surface area (Å²) in [6, 6.07) is 16.0. The number of benzene rings is 2. The second kappa shape index (κ2) is 8.29. The van der Waals surface area contributed by atoms with Crippen LogP contribution in [0.1, 0.15) is 25.0 Å². The largest absolute Gasteiger partial charge is 0.493 e. The Morgan fingerprint density at radius 2 is 1.63 bits per heavy atom. The van der Waals surface area contributed by atoms with Crippen LogP contribution in [-0.4, -0.2) is 11.4 Å². The molecular weight excluding hydrogens is 395 g/mol. The molecule has 1 atom stereocenters. The summed E-state index contributed by atoms with van der Waals surface area (Å²) in [7, 11) is 0.447. The Bertz CT molecular complexity index is 1070. The van der Waals surface area contributed by atoms with E-state index in [1.807, 2.05) is 65.4 Å². The molecule has 0 fully saturated rings. The van der Waals surface area contributed by atoms with Crippen molar-refractivity contribution in [2.24, 2.45) is 0 Å². The number of ether oxygens (including phenoxy) is 2. The number of rotatable bonds is 7. The summed E-state index contributed by atoms with van der Waals surface area (Å²) in [6.07, 6.45) is 9.33. The van der Waals surface area contributed by atoms with Crippen molar-refractivity contribution < 1.29 is 14.0 Å². The number of aromatic nitrogens is 1. The van der Waals surface area contributed by atoms with Crippen LogP contribution < -0.4 is 19.1 Å². The van der Waals surface area contributed by atoms with E-state index in [-0.39, 0.29) is 5.41 Å². The first-order valence-electron chi connectivity index (χ1n) is 9.70. The average Bonchev–Trinajstić information content (AvgIpc) is 3.28. The van der Waals surface area contributed by atoms with Gasteiger partial charge in [0.05, 0.1) is 7.11 Å². The molecule has 2 aromatic carbocycles. The summed E-state index contributed by atoms with van der Waals surface area (Å²) < 4.78 is 20.4. The number of hydrogen-bond donors (Lipinski definition) is 1. The quantitative estimate of drug-likeness (QED) is 0.356. The van der Waals surface area contributed by atoms with Gasteiger partial charge in [0.2, 0.25) is 0 Å². The van der Waals surface area contributed by atoms with Crippen LogP contribution in [-0.2, 0) is 5.41 Å². The highest BCUT2D eigenvalue weighted by molar-refractivity contribution is 7.49. The lowest BCUT2D eigenvalue weighted by molar-refractivity contribution is 0.350. The van der Waals surface area contributed by atoms with Crippen LogP contribution in [0.2, 0.25) is 0 Å². The van der Waals surface area contributed by atoms with Crippen molar-refractivity contribution in [1.82, 2.24) is 9.42 Å². The minimum Gasteiger partial charge on any atom is -0.493 e. The van der Waals surface area contributed by atoms with Gasteiger partial charge in [0, 0.05) is 35.1 Å². The summed E-state index contributed by atoms with van der Waals surface area (Å²) in [5, 5.41) is 3.31. The summed E-state index contributed by atoms with van der Waals surface area (Å²) in [6.45, 7) is 8.10. The Labute approximate surface area is 178 Å². The first-order valence-corrected chi connectivity index (χ1v) is 10.9. The summed E-state index contributed by atoms with van der Waals surface area (Å²) in [5.74, 6) is 2.84. The molecule has 6 heteroatoms. The highest BCUT2D eigenvalue weighted by Crippen LogP contribution is 2.55. The topological polar surface area (TPSA) is 44.6 Å². The molecule has 0 amide bonds. The molecule has 0 bridgehead atoms. The van der Waals surface area contributed by atoms with E-state index < -0.39 is 8.45 Å². The SMILES string of the molecule is C=C/C=C\NP(Oc1cccc2c1Oc1c(OC)cccc1C2(C)C)n1cccc1. The van der Waals surface area contributed by atoms with Gasteiger partial charge in [-0.25, -0.2) is 0 Å². The normalized spacial score (nSPS) is 14.9. The number of nitrogens with one attached hydrogen (secondary N) is 1. The van der Waals surface area contributed by atoms with Gasteiger partial charge in [-0.05, 0) is 30.3 Å². The van der Waals surface area contributed by atoms with Crippen molar-refractivity contribution in [3.05, 3.63) is 97.0 Å². The number of hydrogen-bond acceptors (Lipinski definition) is 4. The molecule has 3 aromatic rings. The van der Waals surface area contributed by atoms with Gasteiger partial charge in [0.15, 0.2) is 23.0 Å². The van der Waals surface area contributed by atoms with Crippen molar-refractivity contribution >= 4 is 8.45 Å². The maximum absolute atomic E-state index is 6.45. The first kappa shape index (κ1) is 20.1. The Hall–Kier alpha value is -3.17. The smallest absolute Gasteiger partial charge is 0.310 e. The van der Waals surface area contributed by atoms with Crippen LogP contribution in [0.15, 0.2) is 85.9 Å². The van der Waals surface area contributed by atoms with Crippen LogP contribution in [0.25, 0.3) is 0 Å². The van der Waals surface area contributed by atoms with Gasteiger partial charge in [0.25, 0.3) is 0 Å². The van der Waals surface area contributed by atoms with E-state index in [0.717, 1.165) is 16.9 Å². The van der Waals surface area contributed by atoms with Crippen molar-refractivity contribution in [3.63, 3.8) is 0 Å². The fraction of sp³-hybridized carbons (Fsp3) is 0.167. The van der Waals surface area contributed by atoms with Gasteiger partial charge in [0.1, 0.15) is 0 Å². The molecule has 1 aliphatic heterocycles. The van der Waals surface area contributed by atoms with Crippen LogP contribution in [0.4, 0.5) is 0 Å². The third kappa shape index (κ3) is 3.57. The van der Waals surface area contributed by atoms with Crippen LogP contribution in [0.5, 0.6) is 23.0 Å². The second-order valence-corrected chi connectivity index (χ2v) is 8.80. The summed E-state index contributed by atoms with van der Waals surface area (Å²) in [5.41, 5.74) is 1.90. The lowest BCUT2D eigenvalue weighted by Gasteiger charge is -2.36. The van der Waals surface area contributed by atoms with Crippen molar-refractivity contribution in [3.8, 4) is 23.0 Å². The molecular formula is C24H25N2O3P. The molecule has 1 unspecified atom stereocenters. The average molecular weight is 420 g/mol. The van der Waals surface area contributed by atoms with Crippen molar-refractivity contribution in [2.45, 2.75) is 19.3 Å². The third-order valence-electron chi connectivity index (χ3n) is 5.13. The Morgan fingerprint density at radius 3 is 2.27 bits per heavy atom. The number of fused-ring (bicyclic) bond motifs is 2. The van der Waals surface area contributed by atoms with Gasteiger partial charge >= 0.3 is 8.45 Å². The molecule has 0 saturated carbocycles. The fourth-order valence-electron chi connectivity index (χ4n) is 3.56. The lowest BCUT2D eigenvalue weighted by Crippen LogP contribution is -2.25. The zero-order valence-electron chi connectivity index (χ0n) is 17.3. The number of nitrogens with zero attached hydrogens (tertiary/aromatic N) is 1. The van der Waals surface area contributed by atoms with E-state index in [4.69, 9.17) is 14.0 Å². The van der Waals surface area contributed by atoms with E-state index in [2.05, 4.69) is 37.6 Å². The van der Waals surface area contributed by atoms with Crippen LogP contribution in [0, 0.1) is 0 Å². The van der Waals surface area contributed by atoms with E-state index in [1.165, 1.54) is 0 Å². The number of para-hydroxylation sites is 2. The van der Waals surface area contributed by atoms with Crippen molar-refractivity contribution in [1.29, 1.82) is 0 Å². The third-order valence-corrected chi connectivity index (χ3v) is 6.55. The van der Waals surface area contributed by atoms with Gasteiger partial charge in [-0.1, -0.05) is 50.8 Å². The minimum atomic E-state index is -1.21. The predicted octanol–water partition coefficient (Wildman–Crippen LogP) is 6.37. The number of methoxy groups -OCH3 is 1. The van der Waals surface area contributed by atoms with E-state index in [0.29, 0.717) is 17.2 Å². The van der Waals surface area contributed by atoms with E-state index in [1.54, 1.807) is 13.2 Å². The molecule has 0 spiro atoms. The molecule has 2 heterocycles. The van der Waals surface area contributed by atoms with E-state index >= 15 is 0 Å². The Kier molecular flexibility index (Phi) is 5.56. The number of allylic oxidation sites excluding steroid dienone is 2. The van der Waals surface area contributed by atoms with Crippen molar-refractivity contribution in [2.75, 3.05) is 7.11 Å². The Morgan fingerprint density at radius 1 is 1.00 bits per heavy atom. The molecule has 0 aliphatic carbocycles. The minimum absolute atomic E-state index is 0.261. The van der Waals surface area contributed by atoms with Crippen LogP contribution in [0.3, 0.4) is 0 Å². The standard InChI is InChI=1S/C24H25N2O3P/c1-5-6-15-25-30(26-16-7-8-17-26)29-21-14-10-12-19-23(21)28-22-18(24(19,2)3)11-9-13-20(22)27-4/h5-17,25H,1H2,2-4H3/b15-6-. The maximum Gasteiger partial charge on any atom is 0.310 e. The van der Waals surface area contributed by atoms with Gasteiger partial charge in [-0.15, -0.1) is 0 Å². The molecule has 1 N–H and O–H groups in total. The maximum atomic E-state index is 6.45. The zero-order valence-corrected chi connectivity index (χ0v) is 18.2. The molecule has 1 aliphatic rings.